The molecule has 1 aromatic rings. The molecular formula is C15H19NO4. The van der Waals surface area contributed by atoms with Gasteiger partial charge in [0, 0.05) is 18.9 Å². The minimum atomic E-state index is -0.223. The summed E-state index contributed by atoms with van der Waals surface area (Å²) in [6.07, 6.45) is 2.46. The van der Waals surface area contributed by atoms with Crippen molar-refractivity contribution in [1.82, 2.24) is 5.32 Å². The van der Waals surface area contributed by atoms with Crippen LogP contribution in [0.2, 0.25) is 0 Å². The summed E-state index contributed by atoms with van der Waals surface area (Å²) < 4.78 is 10.4. The summed E-state index contributed by atoms with van der Waals surface area (Å²) in [4.78, 5) is 23.6. The van der Waals surface area contributed by atoms with Gasteiger partial charge in [0.15, 0.2) is 0 Å². The lowest BCUT2D eigenvalue weighted by molar-refractivity contribution is -0.120. The van der Waals surface area contributed by atoms with Gasteiger partial charge >= 0.3 is 0 Å². The Bertz CT molecular complexity index is 480. The van der Waals surface area contributed by atoms with Crippen LogP contribution in [0.3, 0.4) is 0 Å². The maximum atomic E-state index is 12.4. The van der Waals surface area contributed by atoms with E-state index in [1.807, 2.05) is 0 Å². The number of nitrogens with one attached hydrogen (secondary N) is 1. The fraction of sp³-hybridized carbons (Fsp3) is 0.467. The van der Waals surface area contributed by atoms with Crippen molar-refractivity contribution in [2.75, 3.05) is 14.2 Å². The van der Waals surface area contributed by atoms with Crippen molar-refractivity contribution in [3.63, 3.8) is 0 Å². The molecule has 0 aliphatic heterocycles. The Morgan fingerprint density at radius 3 is 2.20 bits per heavy atom. The third-order valence-electron chi connectivity index (χ3n) is 3.53. The van der Waals surface area contributed by atoms with Gasteiger partial charge in [0.25, 0.3) is 5.91 Å². The molecule has 0 spiro atoms. The average molecular weight is 277 g/mol. The molecule has 5 nitrogen and oxygen atoms in total. The van der Waals surface area contributed by atoms with Crippen LogP contribution in [-0.2, 0) is 4.79 Å². The molecule has 1 aliphatic rings. The molecule has 0 unspecified atom stereocenters. The van der Waals surface area contributed by atoms with E-state index in [2.05, 4.69) is 5.32 Å². The number of amides is 1. The Morgan fingerprint density at radius 1 is 1.15 bits per heavy atom. The minimum absolute atomic E-state index is 0.0369. The number of methoxy groups -OCH3 is 2. The molecular weight excluding hydrogens is 258 g/mol. The summed E-state index contributed by atoms with van der Waals surface area (Å²) in [5.41, 5.74) is 0.398. The second kappa shape index (κ2) is 6.41. The van der Waals surface area contributed by atoms with E-state index in [1.165, 1.54) is 14.2 Å². The van der Waals surface area contributed by atoms with E-state index in [0.29, 0.717) is 42.7 Å². The standard InChI is InChI=1S/C15H19NO4/c1-19-12-4-3-5-13(20-2)14(12)15(18)16-10-6-8-11(17)9-7-10/h3-5,10H,6-9H2,1-2H3,(H,16,18). The van der Waals surface area contributed by atoms with E-state index in [4.69, 9.17) is 9.47 Å². The number of ketones is 1. The second-order valence-corrected chi connectivity index (χ2v) is 4.82. The lowest BCUT2D eigenvalue weighted by atomic mass is 9.94. The van der Waals surface area contributed by atoms with Crippen LogP contribution in [0.15, 0.2) is 18.2 Å². The van der Waals surface area contributed by atoms with Crippen molar-refractivity contribution in [2.24, 2.45) is 0 Å². The van der Waals surface area contributed by atoms with Crippen LogP contribution in [0.5, 0.6) is 11.5 Å². The molecule has 1 amide bonds. The molecule has 5 heteroatoms. The molecule has 0 heterocycles. The van der Waals surface area contributed by atoms with Gasteiger partial charge < -0.3 is 14.8 Å². The molecule has 20 heavy (non-hydrogen) atoms. The second-order valence-electron chi connectivity index (χ2n) is 4.82. The van der Waals surface area contributed by atoms with Crippen molar-refractivity contribution >= 4 is 11.7 Å². The van der Waals surface area contributed by atoms with Gasteiger partial charge in [0.1, 0.15) is 22.8 Å². The first-order chi connectivity index (χ1) is 9.65. The number of rotatable bonds is 4. The maximum absolute atomic E-state index is 12.4. The van der Waals surface area contributed by atoms with Crippen LogP contribution in [-0.4, -0.2) is 32.0 Å². The zero-order valence-corrected chi connectivity index (χ0v) is 11.8. The third kappa shape index (κ3) is 3.10. The van der Waals surface area contributed by atoms with Gasteiger partial charge in [-0.3, -0.25) is 9.59 Å². The van der Waals surface area contributed by atoms with Crippen LogP contribution in [0.1, 0.15) is 36.0 Å². The predicted octanol–water partition coefficient (Wildman–Crippen LogP) is 1.95. The van der Waals surface area contributed by atoms with Gasteiger partial charge in [-0.2, -0.15) is 0 Å². The van der Waals surface area contributed by atoms with Crippen LogP contribution >= 0.6 is 0 Å². The van der Waals surface area contributed by atoms with Gasteiger partial charge in [-0.15, -0.1) is 0 Å². The molecule has 1 fully saturated rings. The summed E-state index contributed by atoms with van der Waals surface area (Å²) in [5, 5.41) is 2.95. The van der Waals surface area contributed by atoms with E-state index in [9.17, 15) is 9.59 Å². The summed E-state index contributed by atoms with van der Waals surface area (Å²) in [7, 11) is 3.04. The molecule has 1 N–H and O–H groups in total. The van der Waals surface area contributed by atoms with E-state index < -0.39 is 0 Å². The number of hydrogen-bond acceptors (Lipinski definition) is 4. The highest BCUT2D eigenvalue weighted by Crippen LogP contribution is 2.28. The molecule has 1 aromatic carbocycles. The quantitative estimate of drug-likeness (QED) is 0.913. The fourth-order valence-electron chi connectivity index (χ4n) is 2.42. The smallest absolute Gasteiger partial charge is 0.259 e. The summed E-state index contributed by atoms with van der Waals surface area (Å²) in [6, 6.07) is 5.26. The van der Waals surface area contributed by atoms with Crippen LogP contribution < -0.4 is 14.8 Å². The third-order valence-corrected chi connectivity index (χ3v) is 3.53. The fourth-order valence-corrected chi connectivity index (χ4v) is 2.42. The molecule has 1 aliphatic carbocycles. The average Bonchev–Trinajstić information content (AvgIpc) is 2.48. The number of benzene rings is 1. The van der Waals surface area contributed by atoms with Gasteiger partial charge in [0.2, 0.25) is 0 Å². The zero-order chi connectivity index (χ0) is 14.5. The molecule has 0 bridgehead atoms. The zero-order valence-electron chi connectivity index (χ0n) is 11.8. The number of carbonyl (C=O) groups excluding carboxylic acids is 2. The molecule has 0 aromatic heterocycles. The van der Waals surface area contributed by atoms with Crippen LogP contribution in [0, 0.1) is 0 Å². The molecule has 2 rings (SSSR count). The minimum Gasteiger partial charge on any atom is -0.496 e. The first-order valence-electron chi connectivity index (χ1n) is 6.69. The Labute approximate surface area is 118 Å². The highest BCUT2D eigenvalue weighted by atomic mass is 16.5. The van der Waals surface area contributed by atoms with Crippen LogP contribution in [0.4, 0.5) is 0 Å². The molecule has 108 valence electrons. The van der Waals surface area contributed by atoms with Gasteiger partial charge in [-0.25, -0.2) is 0 Å². The molecule has 1 saturated carbocycles. The number of carbonyl (C=O) groups is 2. The first-order valence-corrected chi connectivity index (χ1v) is 6.69. The monoisotopic (exact) mass is 277 g/mol. The lowest BCUT2D eigenvalue weighted by Gasteiger charge is -2.23. The van der Waals surface area contributed by atoms with Gasteiger partial charge in [0.05, 0.1) is 14.2 Å². The summed E-state index contributed by atoms with van der Waals surface area (Å²) >= 11 is 0. The summed E-state index contributed by atoms with van der Waals surface area (Å²) in [6.45, 7) is 0. The van der Waals surface area contributed by atoms with Crippen molar-refractivity contribution in [3.8, 4) is 11.5 Å². The molecule has 0 atom stereocenters. The van der Waals surface area contributed by atoms with Crippen molar-refractivity contribution in [2.45, 2.75) is 31.7 Å². The highest BCUT2D eigenvalue weighted by Gasteiger charge is 2.24. The lowest BCUT2D eigenvalue weighted by Crippen LogP contribution is -2.38. The topological polar surface area (TPSA) is 64.6 Å². The number of hydrogen-bond donors (Lipinski definition) is 1. The first kappa shape index (κ1) is 14.4. The van der Waals surface area contributed by atoms with Crippen molar-refractivity contribution in [3.05, 3.63) is 23.8 Å². The van der Waals surface area contributed by atoms with E-state index in [1.54, 1.807) is 18.2 Å². The van der Waals surface area contributed by atoms with Crippen molar-refractivity contribution in [1.29, 1.82) is 0 Å². The Kier molecular flexibility index (Phi) is 4.61. The Hall–Kier alpha value is -2.04. The molecule has 0 saturated heterocycles. The number of ether oxygens (including phenoxy) is 2. The Balaban J connectivity index is 2.14. The SMILES string of the molecule is COc1cccc(OC)c1C(=O)NC1CCC(=O)CC1. The van der Waals surface area contributed by atoms with E-state index >= 15 is 0 Å². The predicted molar refractivity (Wildman–Crippen MR) is 74.3 cm³/mol. The van der Waals surface area contributed by atoms with E-state index in [-0.39, 0.29) is 17.7 Å². The van der Waals surface area contributed by atoms with Gasteiger partial charge in [-0.1, -0.05) is 6.07 Å². The van der Waals surface area contributed by atoms with Crippen LogP contribution in [0.25, 0.3) is 0 Å². The Morgan fingerprint density at radius 2 is 1.70 bits per heavy atom. The van der Waals surface area contributed by atoms with Crippen molar-refractivity contribution < 1.29 is 19.1 Å². The largest absolute Gasteiger partial charge is 0.496 e. The number of Topliss-reactive ketones (excluding diaryl/α,β-unsaturated/α-hetero) is 1. The highest BCUT2D eigenvalue weighted by molar-refractivity contribution is 6.00. The maximum Gasteiger partial charge on any atom is 0.259 e. The normalized spacial score (nSPS) is 15.8. The summed E-state index contributed by atoms with van der Waals surface area (Å²) in [5.74, 6) is 1.01. The van der Waals surface area contributed by atoms with E-state index in [0.717, 1.165) is 0 Å². The molecule has 0 radical (unpaired) electrons. The van der Waals surface area contributed by atoms with Gasteiger partial charge in [-0.05, 0) is 25.0 Å².